The van der Waals surface area contributed by atoms with Crippen molar-refractivity contribution in [1.82, 2.24) is 0 Å². The van der Waals surface area contributed by atoms with Gasteiger partial charge in [0.1, 0.15) is 45.4 Å². The molecular formula is C74H46N2O4. The summed E-state index contributed by atoms with van der Waals surface area (Å²) in [5.41, 5.74) is 16.7. The molecule has 15 aromatic rings. The first-order valence-electron chi connectivity index (χ1n) is 27.3. The summed E-state index contributed by atoms with van der Waals surface area (Å²) in [6.07, 6.45) is 8.58. The lowest BCUT2D eigenvalue weighted by atomic mass is 9.85. The second kappa shape index (κ2) is 17.5. The van der Waals surface area contributed by atoms with Crippen LogP contribution in [0.15, 0.2) is 280 Å². The number of fused-ring (bicyclic) bond motifs is 14. The highest BCUT2D eigenvalue weighted by Gasteiger charge is 2.33. The summed E-state index contributed by atoms with van der Waals surface area (Å²) in [7, 11) is 0. The zero-order chi connectivity index (χ0) is 52.4. The van der Waals surface area contributed by atoms with E-state index in [1.807, 2.05) is 36.4 Å². The van der Waals surface area contributed by atoms with E-state index in [1.54, 1.807) is 0 Å². The van der Waals surface area contributed by atoms with E-state index in [2.05, 4.69) is 240 Å². The van der Waals surface area contributed by atoms with Crippen LogP contribution in [-0.4, -0.2) is 6.10 Å². The fourth-order valence-corrected chi connectivity index (χ4v) is 12.9. The SMILES string of the molecule is C1=CC2Oc3cc(N(c4ccc5c(c4)oc4ccccc45)c4ccc5c(-c6ccccc6)c6cc(N(c7ccc8c(c7)oc7ccccc78)c7ccc8c(c7)oc7ccccc78)ccc6c(-c6ccccc6)c5c4)ccc3C2C=C1. The summed E-state index contributed by atoms with van der Waals surface area (Å²) >= 11 is 0. The monoisotopic (exact) mass is 1030 g/mol. The van der Waals surface area contributed by atoms with Gasteiger partial charge >= 0.3 is 0 Å². The van der Waals surface area contributed by atoms with Crippen LogP contribution in [0.25, 0.3) is 110 Å². The van der Waals surface area contributed by atoms with Crippen molar-refractivity contribution in [3.8, 4) is 28.0 Å². The Kier molecular flexibility index (Phi) is 9.74. The van der Waals surface area contributed by atoms with Crippen molar-refractivity contribution in [3.63, 3.8) is 0 Å². The lowest BCUT2D eigenvalue weighted by molar-refractivity contribution is 0.269. The number of rotatable bonds is 8. The highest BCUT2D eigenvalue weighted by molar-refractivity contribution is 6.23. The van der Waals surface area contributed by atoms with E-state index in [4.69, 9.17) is 18.0 Å². The summed E-state index contributed by atoms with van der Waals surface area (Å²) in [5.74, 6) is 1.07. The second-order valence-corrected chi connectivity index (χ2v) is 21.0. The van der Waals surface area contributed by atoms with Gasteiger partial charge in [-0.15, -0.1) is 0 Å². The fourth-order valence-electron chi connectivity index (χ4n) is 12.9. The topological polar surface area (TPSA) is 55.1 Å². The molecule has 6 heteroatoms. The molecule has 1 aliphatic carbocycles. The quantitative estimate of drug-likeness (QED) is 0.141. The predicted molar refractivity (Wildman–Crippen MR) is 329 cm³/mol. The van der Waals surface area contributed by atoms with Crippen molar-refractivity contribution in [1.29, 1.82) is 0 Å². The third-order valence-corrected chi connectivity index (χ3v) is 16.5. The van der Waals surface area contributed by atoms with Gasteiger partial charge < -0.3 is 27.8 Å². The van der Waals surface area contributed by atoms with Crippen LogP contribution in [0.2, 0.25) is 0 Å². The molecule has 0 saturated carbocycles. The molecule has 3 aromatic heterocycles. The molecule has 0 saturated heterocycles. The molecule has 0 spiro atoms. The summed E-state index contributed by atoms with van der Waals surface area (Å²) in [4.78, 5) is 4.69. The average molecular weight is 1030 g/mol. The number of hydrogen-bond acceptors (Lipinski definition) is 6. The highest BCUT2D eigenvalue weighted by Crippen LogP contribution is 2.51. The van der Waals surface area contributed by atoms with Crippen LogP contribution in [0.1, 0.15) is 11.5 Å². The molecule has 12 aromatic carbocycles. The molecule has 17 rings (SSSR count). The number of ether oxygens (including phenoxy) is 1. The minimum Gasteiger partial charge on any atom is -0.485 e. The molecule has 0 amide bonds. The lowest BCUT2D eigenvalue weighted by Crippen LogP contribution is -2.15. The number of nitrogens with zero attached hydrogens (tertiary/aromatic N) is 2. The Bertz CT molecular complexity index is 4970. The van der Waals surface area contributed by atoms with Crippen LogP contribution in [0.3, 0.4) is 0 Å². The summed E-state index contributed by atoms with van der Waals surface area (Å²) in [6, 6.07) is 86.9. The first-order valence-corrected chi connectivity index (χ1v) is 27.3. The Morgan fingerprint density at radius 3 is 1.10 bits per heavy atom. The normalized spacial score (nSPS) is 14.8. The minimum absolute atomic E-state index is 0.0301. The maximum absolute atomic E-state index is 6.69. The van der Waals surface area contributed by atoms with Gasteiger partial charge in [0.25, 0.3) is 0 Å². The average Bonchev–Trinajstić information content (AvgIpc) is 4.39. The zero-order valence-electron chi connectivity index (χ0n) is 43.1. The highest BCUT2D eigenvalue weighted by atomic mass is 16.5. The van der Waals surface area contributed by atoms with E-state index in [1.165, 1.54) is 5.56 Å². The molecule has 376 valence electrons. The van der Waals surface area contributed by atoms with Crippen LogP contribution in [0.4, 0.5) is 34.1 Å². The van der Waals surface area contributed by atoms with Gasteiger partial charge in [-0.2, -0.15) is 0 Å². The van der Waals surface area contributed by atoms with E-state index < -0.39 is 0 Å². The third kappa shape index (κ3) is 6.92. The van der Waals surface area contributed by atoms with Gasteiger partial charge in [-0.1, -0.05) is 152 Å². The summed E-state index contributed by atoms with van der Waals surface area (Å²) < 4.78 is 26.4. The molecule has 2 aliphatic rings. The first kappa shape index (κ1) is 44.6. The van der Waals surface area contributed by atoms with Gasteiger partial charge in [0.2, 0.25) is 0 Å². The van der Waals surface area contributed by atoms with Gasteiger partial charge in [-0.05, 0) is 135 Å². The molecule has 80 heavy (non-hydrogen) atoms. The molecular weight excluding hydrogens is 981 g/mol. The molecule has 0 radical (unpaired) electrons. The van der Waals surface area contributed by atoms with Gasteiger partial charge in [0.15, 0.2) is 0 Å². The van der Waals surface area contributed by atoms with Crippen molar-refractivity contribution in [2.75, 3.05) is 9.80 Å². The van der Waals surface area contributed by atoms with Crippen LogP contribution >= 0.6 is 0 Å². The smallest absolute Gasteiger partial charge is 0.137 e. The number of furan rings is 3. The van der Waals surface area contributed by atoms with Gasteiger partial charge in [0.05, 0.1) is 0 Å². The predicted octanol–water partition coefficient (Wildman–Crippen LogP) is 20.9. The van der Waals surface area contributed by atoms with Crippen molar-refractivity contribution >= 4 is 121 Å². The van der Waals surface area contributed by atoms with Crippen LogP contribution in [-0.2, 0) is 0 Å². The van der Waals surface area contributed by atoms with E-state index in [0.717, 1.165) is 149 Å². The van der Waals surface area contributed by atoms with Gasteiger partial charge in [-0.3, -0.25) is 0 Å². The van der Waals surface area contributed by atoms with E-state index in [0.29, 0.717) is 0 Å². The Labute approximate surface area is 459 Å². The number of benzene rings is 12. The molecule has 0 bridgehead atoms. The van der Waals surface area contributed by atoms with Crippen molar-refractivity contribution in [2.24, 2.45) is 0 Å². The van der Waals surface area contributed by atoms with E-state index in [-0.39, 0.29) is 12.0 Å². The molecule has 4 heterocycles. The third-order valence-electron chi connectivity index (χ3n) is 16.5. The Balaban J connectivity index is 0.910. The maximum atomic E-state index is 6.69. The van der Waals surface area contributed by atoms with Crippen LogP contribution < -0.4 is 14.5 Å². The fraction of sp³-hybridized carbons (Fsp3) is 0.0270. The first-order chi connectivity index (χ1) is 39.6. The van der Waals surface area contributed by atoms with Crippen molar-refractivity contribution in [2.45, 2.75) is 12.0 Å². The van der Waals surface area contributed by atoms with Gasteiger partial charge in [-0.25, -0.2) is 0 Å². The molecule has 6 nitrogen and oxygen atoms in total. The zero-order valence-corrected chi connectivity index (χ0v) is 43.1. The summed E-state index contributed by atoms with van der Waals surface area (Å²) in [5, 5.41) is 11.0. The largest absolute Gasteiger partial charge is 0.485 e. The molecule has 2 unspecified atom stereocenters. The number of anilines is 6. The number of allylic oxidation sites excluding steroid dienone is 2. The standard InChI is InChI=1S/C74H46N2O4/c1-3-15-45(16-4-1)73-61-37-31-48(76(51-29-35-59-55-21-9-13-25-67(55)79-71(59)43-51)52-30-36-60-56-22-10-14-26-68(56)80-72(60)44-52)40-64(61)74(46-17-5-2-6-18-46)62-38-32-47(39-63(62)73)75(49-27-33-57-53-19-7-11-23-65(53)77-69(57)41-49)50-28-34-58-54-20-8-12-24-66(54)78-70(58)42-50/h1-44,53,65H. The Morgan fingerprint density at radius 1 is 0.275 bits per heavy atom. The second-order valence-electron chi connectivity index (χ2n) is 21.0. The lowest BCUT2D eigenvalue weighted by Gasteiger charge is -2.28. The minimum atomic E-state index is -0.0301. The molecule has 2 atom stereocenters. The van der Waals surface area contributed by atoms with Crippen molar-refractivity contribution in [3.05, 3.63) is 273 Å². The van der Waals surface area contributed by atoms with Crippen LogP contribution in [0.5, 0.6) is 5.75 Å². The van der Waals surface area contributed by atoms with E-state index >= 15 is 0 Å². The van der Waals surface area contributed by atoms with Crippen molar-refractivity contribution < 1.29 is 18.0 Å². The maximum Gasteiger partial charge on any atom is 0.137 e. The molecule has 0 N–H and O–H groups in total. The Hall–Kier alpha value is -10.6. The number of para-hydroxylation sites is 3. The number of hydrogen-bond donors (Lipinski definition) is 0. The van der Waals surface area contributed by atoms with E-state index in [9.17, 15) is 0 Å². The van der Waals surface area contributed by atoms with Gasteiger partial charge in [0, 0.05) is 102 Å². The Morgan fingerprint density at radius 2 is 0.637 bits per heavy atom. The van der Waals surface area contributed by atoms with Crippen LogP contribution in [0, 0.1) is 0 Å². The molecule has 0 fully saturated rings. The molecule has 1 aliphatic heterocycles. The summed E-state index contributed by atoms with van der Waals surface area (Å²) in [6.45, 7) is 0.